The van der Waals surface area contributed by atoms with Crippen molar-refractivity contribution in [1.29, 1.82) is 0 Å². The number of nitrogens with zero attached hydrogens (tertiary/aromatic N) is 1. The van der Waals surface area contributed by atoms with Gasteiger partial charge in [0.1, 0.15) is 0 Å². The van der Waals surface area contributed by atoms with E-state index in [-0.39, 0.29) is 6.04 Å². The van der Waals surface area contributed by atoms with E-state index in [1.54, 1.807) is 12.1 Å². The largest absolute Gasteiger partial charge is 0.310 e. The second-order valence-electron chi connectivity index (χ2n) is 6.09. The zero-order valence-electron chi connectivity index (χ0n) is 13.6. The fourth-order valence-electron chi connectivity index (χ4n) is 2.54. The topological polar surface area (TPSA) is 15.3 Å². The lowest BCUT2D eigenvalue weighted by atomic mass is 10.0. The monoisotopic (exact) mass is 298 g/mol. The van der Waals surface area contributed by atoms with Gasteiger partial charge in [0.05, 0.1) is 0 Å². The molecule has 4 heteroatoms. The summed E-state index contributed by atoms with van der Waals surface area (Å²) in [7, 11) is 2.07. The summed E-state index contributed by atoms with van der Waals surface area (Å²) < 4.78 is 27.4. The predicted molar refractivity (Wildman–Crippen MR) is 84.3 cm³/mol. The summed E-state index contributed by atoms with van der Waals surface area (Å²) in [4.78, 5) is 2.24. The lowest BCUT2D eigenvalue weighted by Crippen LogP contribution is -2.30. The van der Waals surface area contributed by atoms with E-state index >= 15 is 0 Å². The van der Waals surface area contributed by atoms with Gasteiger partial charge >= 0.3 is 0 Å². The number of nitrogens with one attached hydrogen (secondary N) is 1. The van der Waals surface area contributed by atoms with Crippen LogP contribution in [0, 0.1) is 17.6 Å². The molecule has 1 aromatic carbocycles. The first kappa shape index (κ1) is 18.1. The standard InChI is InChI=1S/C17H28F2N2/c1-5-10-20-16(9-11-21(4)12-13(2)3)14-7-6-8-15(18)17(14)19/h6-8,13,16,20H,5,9-12H2,1-4H3. The molecular formula is C17H28F2N2. The van der Waals surface area contributed by atoms with Crippen molar-refractivity contribution in [2.24, 2.45) is 5.92 Å². The SMILES string of the molecule is CCCNC(CCN(C)CC(C)C)c1cccc(F)c1F. The highest BCUT2D eigenvalue weighted by atomic mass is 19.2. The van der Waals surface area contributed by atoms with E-state index in [2.05, 4.69) is 38.0 Å². The Hall–Kier alpha value is -1.00. The lowest BCUT2D eigenvalue weighted by Gasteiger charge is -2.24. The number of hydrogen-bond donors (Lipinski definition) is 1. The van der Waals surface area contributed by atoms with Gasteiger partial charge in [0, 0.05) is 18.2 Å². The third kappa shape index (κ3) is 6.10. The highest BCUT2D eigenvalue weighted by molar-refractivity contribution is 5.22. The van der Waals surface area contributed by atoms with Crippen LogP contribution in [0.25, 0.3) is 0 Å². The Morgan fingerprint density at radius 1 is 1.24 bits per heavy atom. The Bertz CT molecular complexity index is 421. The van der Waals surface area contributed by atoms with E-state index < -0.39 is 11.6 Å². The van der Waals surface area contributed by atoms with Crippen LogP contribution >= 0.6 is 0 Å². The van der Waals surface area contributed by atoms with Crippen LogP contribution in [0.2, 0.25) is 0 Å². The molecule has 0 aliphatic heterocycles. The van der Waals surface area contributed by atoms with Gasteiger partial charge in [-0.25, -0.2) is 8.78 Å². The molecule has 1 unspecified atom stereocenters. The molecule has 21 heavy (non-hydrogen) atoms. The van der Waals surface area contributed by atoms with Gasteiger partial charge in [-0.3, -0.25) is 0 Å². The molecule has 0 saturated carbocycles. The van der Waals surface area contributed by atoms with Crippen molar-refractivity contribution in [2.75, 3.05) is 26.7 Å². The average molecular weight is 298 g/mol. The van der Waals surface area contributed by atoms with Crippen LogP contribution in [0.1, 0.15) is 45.2 Å². The summed E-state index contributed by atoms with van der Waals surface area (Å²) in [6.45, 7) is 9.08. The first-order valence-corrected chi connectivity index (χ1v) is 7.81. The maximum absolute atomic E-state index is 14.0. The van der Waals surface area contributed by atoms with Crippen LogP contribution in [0.5, 0.6) is 0 Å². The average Bonchev–Trinajstić information content (AvgIpc) is 2.42. The number of halogens is 2. The zero-order valence-corrected chi connectivity index (χ0v) is 13.6. The molecule has 0 saturated heterocycles. The molecule has 1 aromatic rings. The van der Waals surface area contributed by atoms with Gasteiger partial charge < -0.3 is 10.2 Å². The van der Waals surface area contributed by atoms with E-state index in [1.165, 1.54) is 6.07 Å². The van der Waals surface area contributed by atoms with Crippen LogP contribution in [0.15, 0.2) is 18.2 Å². The van der Waals surface area contributed by atoms with Crippen molar-refractivity contribution in [3.8, 4) is 0 Å². The van der Waals surface area contributed by atoms with Crippen LogP contribution in [0.3, 0.4) is 0 Å². The van der Waals surface area contributed by atoms with Gasteiger partial charge in [0.25, 0.3) is 0 Å². The summed E-state index contributed by atoms with van der Waals surface area (Å²) in [6.07, 6.45) is 1.73. The van der Waals surface area contributed by atoms with Crippen molar-refractivity contribution in [3.63, 3.8) is 0 Å². The lowest BCUT2D eigenvalue weighted by molar-refractivity contribution is 0.275. The third-order valence-electron chi connectivity index (χ3n) is 3.47. The summed E-state index contributed by atoms with van der Waals surface area (Å²) in [5, 5.41) is 3.33. The maximum atomic E-state index is 14.0. The van der Waals surface area contributed by atoms with E-state index in [0.717, 1.165) is 32.5 Å². The van der Waals surface area contributed by atoms with E-state index in [1.807, 2.05) is 0 Å². The van der Waals surface area contributed by atoms with E-state index in [4.69, 9.17) is 0 Å². The third-order valence-corrected chi connectivity index (χ3v) is 3.47. The van der Waals surface area contributed by atoms with Crippen molar-refractivity contribution in [1.82, 2.24) is 10.2 Å². The number of benzene rings is 1. The highest BCUT2D eigenvalue weighted by Crippen LogP contribution is 2.22. The van der Waals surface area contributed by atoms with Gasteiger partial charge in [0.15, 0.2) is 11.6 Å². The van der Waals surface area contributed by atoms with E-state index in [9.17, 15) is 8.78 Å². The Morgan fingerprint density at radius 2 is 1.95 bits per heavy atom. The second-order valence-corrected chi connectivity index (χ2v) is 6.09. The molecular weight excluding hydrogens is 270 g/mol. The summed E-state index contributed by atoms with van der Waals surface area (Å²) in [5.41, 5.74) is 0.432. The molecule has 1 rings (SSSR count). The molecule has 0 heterocycles. The van der Waals surface area contributed by atoms with Gasteiger partial charge in [-0.05, 0) is 45.0 Å². The minimum Gasteiger partial charge on any atom is -0.310 e. The smallest absolute Gasteiger partial charge is 0.163 e. The Balaban J connectivity index is 2.73. The van der Waals surface area contributed by atoms with Gasteiger partial charge in [-0.1, -0.05) is 32.9 Å². The molecule has 2 nitrogen and oxygen atoms in total. The Labute approximate surface area is 127 Å². The molecule has 0 bridgehead atoms. The van der Waals surface area contributed by atoms with Crippen molar-refractivity contribution >= 4 is 0 Å². The molecule has 0 aliphatic rings. The van der Waals surface area contributed by atoms with Crippen molar-refractivity contribution < 1.29 is 8.78 Å². The van der Waals surface area contributed by atoms with Crippen LogP contribution < -0.4 is 5.32 Å². The van der Waals surface area contributed by atoms with Gasteiger partial charge in [-0.15, -0.1) is 0 Å². The normalized spacial score (nSPS) is 13.1. The first-order chi connectivity index (χ1) is 9.95. The predicted octanol–water partition coefficient (Wildman–Crippen LogP) is 3.98. The summed E-state index contributed by atoms with van der Waals surface area (Å²) in [5.74, 6) is -0.896. The Morgan fingerprint density at radius 3 is 2.57 bits per heavy atom. The van der Waals surface area contributed by atoms with Gasteiger partial charge in [-0.2, -0.15) is 0 Å². The second kappa shape index (κ2) is 9.11. The van der Waals surface area contributed by atoms with Crippen LogP contribution in [-0.2, 0) is 0 Å². The van der Waals surface area contributed by atoms with Crippen LogP contribution in [-0.4, -0.2) is 31.6 Å². The van der Waals surface area contributed by atoms with E-state index in [0.29, 0.717) is 11.5 Å². The van der Waals surface area contributed by atoms with Crippen LogP contribution in [0.4, 0.5) is 8.78 Å². The summed E-state index contributed by atoms with van der Waals surface area (Å²) in [6, 6.07) is 4.27. The zero-order chi connectivity index (χ0) is 15.8. The first-order valence-electron chi connectivity index (χ1n) is 7.81. The number of rotatable bonds is 9. The summed E-state index contributed by atoms with van der Waals surface area (Å²) >= 11 is 0. The molecule has 0 spiro atoms. The molecule has 0 radical (unpaired) electrons. The molecule has 1 N–H and O–H groups in total. The van der Waals surface area contributed by atoms with Crippen molar-refractivity contribution in [3.05, 3.63) is 35.4 Å². The fourth-order valence-corrected chi connectivity index (χ4v) is 2.54. The fraction of sp³-hybridized carbons (Fsp3) is 0.647. The number of hydrogen-bond acceptors (Lipinski definition) is 2. The quantitative estimate of drug-likeness (QED) is 0.742. The highest BCUT2D eigenvalue weighted by Gasteiger charge is 2.18. The molecule has 0 aliphatic carbocycles. The minimum atomic E-state index is -0.772. The Kier molecular flexibility index (Phi) is 7.83. The molecule has 0 aromatic heterocycles. The van der Waals surface area contributed by atoms with Gasteiger partial charge in [0.2, 0.25) is 0 Å². The molecule has 1 atom stereocenters. The van der Waals surface area contributed by atoms with Crippen molar-refractivity contribution in [2.45, 2.75) is 39.7 Å². The molecule has 120 valence electrons. The maximum Gasteiger partial charge on any atom is 0.163 e. The molecule has 0 amide bonds. The molecule has 0 fully saturated rings. The minimum absolute atomic E-state index is 0.143.